The summed E-state index contributed by atoms with van der Waals surface area (Å²) in [5.41, 5.74) is 0. The lowest BCUT2D eigenvalue weighted by Gasteiger charge is -2.23. The standard InChI is InChI=1S/C20H40O5/c1-5-9-10-18(7-3)14-23-16-20(24-13-11-21)17-25-19(8-4)15-22-12-6-2/h6,18-21H,2,5,7-17H2,1,3-4H3. The van der Waals surface area contributed by atoms with Crippen molar-refractivity contribution in [3.8, 4) is 0 Å². The number of hydrogen-bond acceptors (Lipinski definition) is 5. The first-order valence-corrected chi connectivity index (χ1v) is 9.82. The molecular weight excluding hydrogens is 320 g/mol. The van der Waals surface area contributed by atoms with Crippen molar-refractivity contribution in [3.63, 3.8) is 0 Å². The molecule has 0 aromatic carbocycles. The predicted octanol–water partition coefficient (Wildman–Crippen LogP) is 3.59. The van der Waals surface area contributed by atoms with Gasteiger partial charge in [0.2, 0.25) is 0 Å². The Hall–Kier alpha value is -0.460. The molecule has 25 heavy (non-hydrogen) atoms. The second-order valence-electron chi connectivity index (χ2n) is 6.36. The predicted molar refractivity (Wildman–Crippen MR) is 102 cm³/mol. The second-order valence-corrected chi connectivity index (χ2v) is 6.36. The molecule has 150 valence electrons. The van der Waals surface area contributed by atoms with E-state index in [4.69, 9.17) is 24.1 Å². The molecule has 0 amide bonds. The van der Waals surface area contributed by atoms with Crippen molar-refractivity contribution in [2.24, 2.45) is 5.92 Å². The van der Waals surface area contributed by atoms with Gasteiger partial charge in [-0.05, 0) is 18.8 Å². The monoisotopic (exact) mass is 360 g/mol. The lowest BCUT2D eigenvalue weighted by atomic mass is 10.0. The molecule has 0 fully saturated rings. The summed E-state index contributed by atoms with van der Waals surface area (Å²) >= 11 is 0. The number of hydrogen-bond donors (Lipinski definition) is 1. The lowest BCUT2D eigenvalue weighted by molar-refractivity contribution is -0.0979. The van der Waals surface area contributed by atoms with Crippen LogP contribution in [-0.4, -0.2) is 63.6 Å². The molecule has 0 radical (unpaired) electrons. The van der Waals surface area contributed by atoms with Gasteiger partial charge in [0.25, 0.3) is 0 Å². The molecule has 0 aliphatic carbocycles. The molecule has 0 aliphatic rings. The molecule has 0 spiro atoms. The Bertz CT molecular complexity index is 285. The smallest absolute Gasteiger partial charge is 0.104 e. The van der Waals surface area contributed by atoms with Crippen molar-refractivity contribution >= 4 is 0 Å². The van der Waals surface area contributed by atoms with Crippen LogP contribution in [-0.2, 0) is 18.9 Å². The van der Waals surface area contributed by atoms with Gasteiger partial charge in [-0.25, -0.2) is 0 Å². The van der Waals surface area contributed by atoms with E-state index in [-0.39, 0.29) is 18.8 Å². The third-order valence-corrected chi connectivity index (χ3v) is 4.16. The summed E-state index contributed by atoms with van der Waals surface area (Å²) in [6, 6.07) is 0. The van der Waals surface area contributed by atoms with Crippen molar-refractivity contribution in [1.82, 2.24) is 0 Å². The fourth-order valence-electron chi connectivity index (χ4n) is 2.44. The third kappa shape index (κ3) is 14.4. The number of unbranched alkanes of at least 4 members (excludes halogenated alkanes) is 1. The highest BCUT2D eigenvalue weighted by molar-refractivity contribution is 4.66. The quantitative estimate of drug-likeness (QED) is 0.282. The summed E-state index contributed by atoms with van der Waals surface area (Å²) in [6.45, 7) is 13.2. The van der Waals surface area contributed by atoms with Gasteiger partial charge in [0.15, 0.2) is 0 Å². The molecule has 0 aromatic heterocycles. The van der Waals surface area contributed by atoms with Crippen molar-refractivity contribution in [2.45, 2.75) is 65.1 Å². The van der Waals surface area contributed by atoms with E-state index in [1.165, 1.54) is 19.3 Å². The van der Waals surface area contributed by atoms with Gasteiger partial charge in [0.05, 0.1) is 45.7 Å². The number of ether oxygens (including phenoxy) is 4. The molecule has 0 rings (SSSR count). The van der Waals surface area contributed by atoms with Gasteiger partial charge < -0.3 is 24.1 Å². The van der Waals surface area contributed by atoms with Crippen molar-refractivity contribution in [3.05, 3.63) is 12.7 Å². The molecule has 0 bridgehead atoms. The van der Waals surface area contributed by atoms with Crippen LogP contribution in [0.25, 0.3) is 0 Å². The van der Waals surface area contributed by atoms with Crippen LogP contribution in [0.2, 0.25) is 0 Å². The van der Waals surface area contributed by atoms with Crippen LogP contribution in [0.15, 0.2) is 12.7 Å². The topological polar surface area (TPSA) is 57.2 Å². The molecule has 0 heterocycles. The normalized spacial score (nSPS) is 15.0. The van der Waals surface area contributed by atoms with Gasteiger partial charge in [0, 0.05) is 6.61 Å². The molecule has 5 heteroatoms. The summed E-state index contributed by atoms with van der Waals surface area (Å²) < 4.78 is 22.9. The SMILES string of the molecule is C=CCOCC(CC)OCC(COCC(CC)CCCC)OCCO. The summed E-state index contributed by atoms with van der Waals surface area (Å²) in [4.78, 5) is 0. The largest absolute Gasteiger partial charge is 0.394 e. The zero-order valence-electron chi connectivity index (χ0n) is 16.6. The Kier molecular flexibility index (Phi) is 18.0. The van der Waals surface area contributed by atoms with Crippen LogP contribution < -0.4 is 0 Å². The third-order valence-electron chi connectivity index (χ3n) is 4.16. The van der Waals surface area contributed by atoms with E-state index in [1.54, 1.807) is 6.08 Å². The van der Waals surface area contributed by atoms with Crippen LogP contribution >= 0.6 is 0 Å². The van der Waals surface area contributed by atoms with Crippen molar-refractivity contribution < 1.29 is 24.1 Å². The van der Waals surface area contributed by atoms with Crippen molar-refractivity contribution in [2.75, 3.05) is 46.2 Å². The highest BCUT2D eigenvalue weighted by Gasteiger charge is 2.15. The van der Waals surface area contributed by atoms with E-state index < -0.39 is 0 Å². The fraction of sp³-hybridized carbons (Fsp3) is 0.900. The molecule has 3 unspecified atom stereocenters. The van der Waals surface area contributed by atoms with E-state index in [2.05, 4.69) is 27.4 Å². The molecule has 0 saturated carbocycles. The Balaban J connectivity index is 4.17. The van der Waals surface area contributed by atoms with E-state index in [9.17, 15) is 0 Å². The van der Waals surface area contributed by atoms with E-state index >= 15 is 0 Å². The molecule has 0 aliphatic heterocycles. The van der Waals surface area contributed by atoms with Crippen LogP contribution in [0.5, 0.6) is 0 Å². The van der Waals surface area contributed by atoms with Crippen LogP contribution in [0, 0.1) is 5.92 Å². The zero-order valence-corrected chi connectivity index (χ0v) is 16.6. The Morgan fingerprint density at radius 1 is 0.920 bits per heavy atom. The van der Waals surface area contributed by atoms with Gasteiger partial charge in [-0.2, -0.15) is 0 Å². The van der Waals surface area contributed by atoms with Crippen molar-refractivity contribution in [1.29, 1.82) is 0 Å². The lowest BCUT2D eigenvalue weighted by Crippen LogP contribution is -2.31. The van der Waals surface area contributed by atoms with Crippen LogP contribution in [0.1, 0.15) is 52.9 Å². The van der Waals surface area contributed by atoms with Gasteiger partial charge >= 0.3 is 0 Å². The molecule has 0 saturated heterocycles. The average Bonchev–Trinajstić information content (AvgIpc) is 2.64. The number of rotatable bonds is 19. The summed E-state index contributed by atoms with van der Waals surface area (Å²) in [7, 11) is 0. The van der Waals surface area contributed by atoms with Crippen LogP contribution in [0.3, 0.4) is 0 Å². The Morgan fingerprint density at radius 3 is 2.28 bits per heavy atom. The maximum atomic E-state index is 8.99. The number of aliphatic hydroxyl groups is 1. The van der Waals surface area contributed by atoms with Crippen LogP contribution in [0.4, 0.5) is 0 Å². The second kappa shape index (κ2) is 18.3. The minimum Gasteiger partial charge on any atom is -0.394 e. The van der Waals surface area contributed by atoms with Gasteiger partial charge in [0.1, 0.15) is 6.10 Å². The minimum atomic E-state index is -0.163. The van der Waals surface area contributed by atoms with Gasteiger partial charge in [-0.1, -0.05) is 46.1 Å². The zero-order chi connectivity index (χ0) is 18.8. The summed E-state index contributed by atoms with van der Waals surface area (Å²) in [5, 5.41) is 8.99. The van der Waals surface area contributed by atoms with Gasteiger partial charge in [-0.15, -0.1) is 6.58 Å². The summed E-state index contributed by atoms with van der Waals surface area (Å²) in [6.07, 6.45) is 7.30. The summed E-state index contributed by atoms with van der Waals surface area (Å²) in [5.74, 6) is 0.607. The molecule has 5 nitrogen and oxygen atoms in total. The maximum Gasteiger partial charge on any atom is 0.104 e. The molecular formula is C20H40O5. The van der Waals surface area contributed by atoms with Gasteiger partial charge in [-0.3, -0.25) is 0 Å². The first kappa shape index (κ1) is 24.5. The Labute approximate surface area is 154 Å². The Morgan fingerprint density at radius 2 is 1.68 bits per heavy atom. The van der Waals surface area contributed by atoms with E-state index in [0.717, 1.165) is 19.4 Å². The molecule has 1 N–H and O–H groups in total. The first-order valence-electron chi connectivity index (χ1n) is 9.82. The maximum absolute atomic E-state index is 8.99. The molecule has 0 aromatic rings. The highest BCUT2D eigenvalue weighted by atomic mass is 16.6. The number of aliphatic hydroxyl groups excluding tert-OH is 1. The van der Waals surface area contributed by atoms with E-state index in [0.29, 0.717) is 39.0 Å². The fourth-order valence-corrected chi connectivity index (χ4v) is 2.44. The molecule has 3 atom stereocenters. The average molecular weight is 361 g/mol. The first-order chi connectivity index (χ1) is 12.2. The highest BCUT2D eigenvalue weighted by Crippen LogP contribution is 2.13. The van der Waals surface area contributed by atoms with E-state index in [1.807, 2.05) is 0 Å². The minimum absolute atomic E-state index is 0.00420.